The van der Waals surface area contributed by atoms with E-state index in [1.165, 1.54) is 4.90 Å². The molecule has 0 spiro atoms. The fourth-order valence-corrected chi connectivity index (χ4v) is 2.71. The summed E-state index contributed by atoms with van der Waals surface area (Å²) in [7, 11) is 0. The van der Waals surface area contributed by atoms with Crippen molar-refractivity contribution in [1.82, 2.24) is 9.97 Å². The van der Waals surface area contributed by atoms with Crippen molar-refractivity contribution in [3.05, 3.63) is 35.5 Å². The Hall–Kier alpha value is -1.59. The molecule has 1 heterocycles. The lowest BCUT2D eigenvalue weighted by atomic mass is 10.1. The maximum absolute atomic E-state index is 5.54. The second-order valence-corrected chi connectivity index (χ2v) is 5.76. The number of thioether (sulfide) groups is 1. The van der Waals surface area contributed by atoms with Crippen LogP contribution in [0.1, 0.15) is 25.1 Å². The third kappa shape index (κ3) is 3.11. The van der Waals surface area contributed by atoms with E-state index in [1.54, 1.807) is 0 Å². The first kappa shape index (κ1) is 14.8. The van der Waals surface area contributed by atoms with E-state index in [0.717, 1.165) is 29.0 Å². The molecule has 0 aliphatic heterocycles. The van der Waals surface area contributed by atoms with Crippen LogP contribution in [0.3, 0.4) is 0 Å². The van der Waals surface area contributed by atoms with Crippen LogP contribution in [0, 0.1) is 6.92 Å². The third-order valence-corrected chi connectivity index (χ3v) is 4.04. The lowest BCUT2D eigenvalue weighted by molar-refractivity contribution is 0.973. The second kappa shape index (κ2) is 6.72. The zero-order valence-corrected chi connectivity index (χ0v) is 12.9. The van der Waals surface area contributed by atoms with Gasteiger partial charge in [-0.2, -0.15) is 0 Å². The maximum atomic E-state index is 5.54. The SMILES string of the molecule is CCSc1ccc(-c2nc(CC)c(C)c(NN)n2)cc1. The van der Waals surface area contributed by atoms with Crippen LogP contribution in [-0.4, -0.2) is 15.7 Å². The zero-order valence-electron chi connectivity index (χ0n) is 12.1. The molecule has 20 heavy (non-hydrogen) atoms. The highest BCUT2D eigenvalue weighted by Crippen LogP contribution is 2.24. The predicted molar refractivity (Wildman–Crippen MR) is 85.8 cm³/mol. The van der Waals surface area contributed by atoms with Crippen molar-refractivity contribution in [3.8, 4) is 11.4 Å². The number of nitrogens with zero attached hydrogens (tertiary/aromatic N) is 2. The van der Waals surface area contributed by atoms with Gasteiger partial charge in [0.1, 0.15) is 5.82 Å². The summed E-state index contributed by atoms with van der Waals surface area (Å²) in [4.78, 5) is 10.4. The minimum atomic E-state index is 0.693. The normalized spacial score (nSPS) is 10.6. The highest BCUT2D eigenvalue weighted by atomic mass is 32.2. The van der Waals surface area contributed by atoms with Gasteiger partial charge in [0.25, 0.3) is 0 Å². The monoisotopic (exact) mass is 288 g/mol. The molecule has 106 valence electrons. The van der Waals surface area contributed by atoms with Gasteiger partial charge in [0.15, 0.2) is 5.82 Å². The third-order valence-electron chi connectivity index (χ3n) is 3.14. The fraction of sp³-hybridized carbons (Fsp3) is 0.333. The Morgan fingerprint density at radius 2 is 1.85 bits per heavy atom. The van der Waals surface area contributed by atoms with Gasteiger partial charge < -0.3 is 5.43 Å². The van der Waals surface area contributed by atoms with Crippen molar-refractivity contribution in [1.29, 1.82) is 0 Å². The molecule has 0 fully saturated rings. The van der Waals surface area contributed by atoms with Gasteiger partial charge in [-0.15, -0.1) is 11.8 Å². The number of hydrogen-bond donors (Lipinski definition) is 2. The Kier molecular flexibility index (Phi) is 4.98. The number of nitrogens with one attached hydrogen (secondary N) is 1. The Labute approximate surface area is 124 Å². The van der Waals surface area contributed by atoms with Crippen LogP contribution in [-0.2, 0) is 6.42 Å². The molecule has 2 aromatic rings. The highest BCUT2D eigenvalue weighted by Gasteiger charge is 2.10. The Morgan fingerprint density at radius 1 is 1.15 bits per heavy atom. The van der Waals surface area contributed by atoms with E-state index in [1.807, 2.05) is 18.7 Å². The predicted octanol–water partition coefficient (Wildman–Crippen LogP) is 3.41. The van der Waals surface area contributed by atoms with Gasteiger partial charge in [-0.1, -0.05) is 26.0 Å². The van der Waals surface area contributed by atoms with Crippen molar-refractivity contribution in [2.24, 2.45) is 5.84 Å². The summed E-state index contributed by atoms with van der Waals surface area (Å²) in [5.74, 6) is 8.02. The molecule has 0 aliphatic carbocycles. The minimum Gasteiger partial charge on any atom is -0.308 e. The molecule has 0 unspecified atom stereocenters. The van der Waals surface area contributed by atoms with Crippen molar-refractivity contribution >= 4 is 17.6 Å². The lowest BCUT2D eigenvalue weighted by Gasteiger charge is -2.11. The number of benzene rings is 1. The summed E-state index contributed by atoms with van der Waals surface area (Å²) < 4.78 is 0. The summed E-state index contributed by atoms with van der Waals surface area (Å²) in [6.07, 6.45) is 0.861. The minimum absolute atomic E-state index is 0.693. The number of aryl methyl sites for hydroxylation is 1. The van der Waals surface area contributed by atoms with E-state index in [4.69, 9.17) is 5.84 Å². The molecule has 0 saturated heterocycles. The number of anilines is 1. The molecule has 5 heteroatoms. The Bertz CT molecular complexity index is 556. The van der Waals surface area contributed by atoms with Gasteiger partial charge in [0, 0.05) is 21.7 Å². The van der Waals surface area contributed by atoms with Crippen molar-refractivity contribution in [2.45, 2.75) is 32.1 Å². The second-order valence-electron chi connectivity index (χ2n) is 4.42. The van der Waals surface area contributed by atoms with E-state index in [-0.39, 0.29) is 0 Å². The summed E-state index contributed by atoms with van der Waals surface area (Å²) >= 11 is 1.82. The van der Waals surface area contributed by atoms with Crippen molar-refractivity contribution < 1.29 is 0 Å². The van der Waals surface area contributed by atoms with E-state index >= 15 is 0 Å². The van der Waals surface area contributed by atoms with Crippen LogP contribution in [0.2, 0.25) is 0 Å². The van der Waals surface area contributed by atoms with Crippen LogP contribution in [0.25, 0.3) is 11.4 Å². The number of nitrogen functional groups attached to an aromatic ring is 1. The van der Waals surface area contributed by atoms with Crippen LogP contribution < -0.4 is 11.3 Å². The van der Waals surface area contributed by atoms with Gasteiger partial charge in [-0.25, -0.2) is 15.8 Å². The number of nitrogens with two attached hydrogens (primary N) is 1. The summed E-state index contributed by atoms with van der Waals surface area (Å²) in [6.45, 7) is 6.22. The Balaban J connectivity index is 2.41. The Morgan fingerprint density at radius 3 is 2.40 bits per heavy atom. The molecule has 0 amide bonds. The summed E-state index contributed by atoms with van der Waals surface area (Å²) in [5.41, 5.74) is 5.70. The number of aromatic nitrogens is 2. The number of hydrazine groups is 1. The molecule has 2 rings (SSSR count). The summed E-state index contributed by atoms with van der Waals surface area (Å²) in [6, 6.07) is 8.33. The fourth-order valence-electron chi connectivity index (χ4n) is 2.04. The van der Waals surface area contributed by atoms with E-state index < -0.39 is 0 Å². The molecule has 0 aliphatic rings. The van der Waals surface area contributed by atoms with E-state index in [9.17, 15) is 0 Å². The van der Waals surface area contributed by atoms with Crippen LogP contribution >= 0.6 is 11.8 Å². The molecule has 0 atom stereocenters. The average molecular weight is 288 g/mol. The van der Waals surface area contributed by atoms with Gasteiger partial charge in [-0.3, -0.25) is 0 Å². The first-order valence-corrected chi connectivity index (χ1v) is 7.75. The number of hydrogen-bond acceptors (Lipinski definition) is 5. The van der Waals surface area contributed by atoms with Crippen molar-refractivity contribution in [3.63, 3.8) is 0 Å². The van der Waals surface area contributed by atoms with Crippen LogP contribution in [0.5, 0.6) is 0 Å². The lowest BCUT2D eigenvalue weighted by Crippen LogP contribution is -2.13. The first-order chi connectivity index (χ1) is 9.69. The highest BCUT2D eigenvalue weighted by molar-refractivity contribution is 7.99. The topological polar surface area (TPSA) is 63.8 Å². The van der Waals surface area contributed by atoms with Gasteiger partial charge in [-0.05, 0) is 31.2 Å². The number of rotatable bonds is 5. The molecule has 0 saturated carbocycles. The zero-order chi connectivity index (χ0) is 14.5. The van der Waals surface area contributed by atoms with Gasteiger partial charge in [0.05, 0.1) is 0 Å². The smallest absolute Gasteiger partial charge is 0.161 e. The van der Waals surface area contributed by atoms with E-state index in [2.05, 4.69) is 53.5 Å². The molecule has 3 N–H and O–H groups in total. The standard InChI is InChI=1S/C15H20N4S/c1-4-13-10(3)14(19-16)18-15(17-13)11-6-8-12(9-7-11)20-5-2/h6-9H,4-5,16H2,1-3H3,(H,17,18,19). The van der Waals surface area contributed by atoms with Crippen molar-refractivity contribution in [2.75, 3.05) is 11.2 Å². The molecular weight excluding hydrogens is 268 g/mol. The average Bonchev–Trinajstić information content (AvgIpc) is 2.49. The first-order valence-electron chi connectivity index (χ1n) is 6.77. The van der Waals surface area contributed by atoms with Crippen LogP contribution in [0.15, 0.2) is 29.2 Å². The van der Waals surface area contributed by atoms with Gasteiger partial charge >= 0.3 is 0 Å². The van der Waals surface area contributed by atoms with E-state index in [0.29, 0.717) is 11.6 Å². The van der Waals surface area contributed by atoms with Crippen LogP contribution in [0.4, 0.5) is 5.82 Å². The quantitative estimate of drug-likeness (QED) is 0.501. The molecule has 0 bridgehead atoms. The largest absolute Gasteiger partial charge is 0.308 e. The molecule has 4 nitrogen and oxygen atoms in total. The molecule has 0 radical (unpaired) electrons. The summed E-state index contributed by atoms with van der Waals surface area (Å²) in [5, 5.41) is 0. The maximum Gasteiger partial charge on any atom is 0.161 e. The van der Waals surface area contributed by atoms with Gasteiger partial charge in [0.2, 0.25) is 0 Å². The molecular formula is C15H20N4S. The molecule has 1 aromatic carbocycles. The molecule has 1 aromatic heterocycles.